The first kappa shape index (κ1) is 16.5. The van der Waals surface area contributed by atoms with E-state index in [0.29, 0.717) is 6.04 Å². The van der Waals surface area contributed by atoms with Crippen molar-refractivity contribution in [1.29, 1.82) is 0 Å². The third-order valence-corrected chi connectivity index (χ3v) is 5.50. The largest absolute Gasteiger partial charge is 0.314 e. The van der Waals surface area contributed by atoms with Gasteiger partial charge < -0.3 is 5.32 Å². The molecule has 1 N–H and O–H groups in total. The first-order chi connectivity index (χ1) is 9.76. The van der Waals surface area contributed by atoms with E-state index in [9.17, 15) is 8.42 Å². The van der Waals surface area contributed by atoms with Crippen LogP contribution >= 0.6 is 0 Å². The summed E-state index contributed by atoms with van der Waals surface area (Å²) < 4.78 is 23.1. The highest BCUT2D eigenvalue weighted by Gasteiger charge is 2.25. The van der Waals surface area contributed by atoms with Gasteiger partial charge in [0.05, 0.1) is 5.75 Å². The summed E-state index contributed by atoms with van der Waals surface area (Å²) in [7, 11) is -2.97. The van der Waals surface area contributed by atoms with E-state index in [1.807, 2.05) is 13.8 Å². The summed E-state index contributed by atoms with van der Waals surface area (Å²) in [6, 6.07) is 9.06. The molecule has 1 heterocycles. The summed E-state index contributed by atoms with van der Waals surface area (Å²) in [6.45, 7) is 5.11. The number of piperidine rings is 1. The van der Waals surface area contributed by atoms with Gasteiger partial charge in [0.15, 0.2) is 0 Å². The monoisotopic (exact) mass is 309 g/mol. The van der Waals surface area contributed by atoms with E-state index in [1.54, 1.807) is 0 Å². The Morgan fingerprint density at radius 1 is 1.19 bits per heavy atom. The molecule has 2 rings (SSSR count). The van der Waals surface area contributed by atoms with Gasteiger partial charge in [-0.1, -0.05) is 44.5 Å². The van der Waals surface area contributed by atoms with E-state index >= 15 is 0 Å². The lowest BCUT2D eigenvalue weighted by Gasteiger charge is -2.26. The minimum atomic E-state index is -2.97. The van der Waals surface area contributed by atoms with Crippen LogP contribution in [0.4, 0.5) is 0 Å². The summed E-state index contributed by atoms with van der Waals surface area (Å²) in [6.07, 6.45) is 6.22. The molecule has 1 saturated heterocycles. The number of rotatable bonds is 5. The van der Waals surface area contributed by atoms with Crippen LogP contribution in [0.3, 0.4) is 0 Å². The Hall–Kier alpha value is -0.870. The molecule has 0 bridgehead atoms. The van der Waals surface area contributed by atoms with E-state index in [1.165, 1.54) is 31.1 Å². The third-order valence-electron chi connectivity index (χ3n) is 4.25. The summed E-state index contributed by atoms with van der Waals surface area (Å²) in [5, 5.41) is 3.56. The first-order valence-electron chi connectivity index (χ1n) is 7.77. The Balaban J connectivity index is 2.04. The molecular formula is C17H27NO2S. The van der Waals surface area contributed by atoms with Crippen LogP contribution in [0, 0.1) is 0 Å². The molecule has 3 nitrogen and oxygen atoms in total. The van der Waals surface area contributed by atoms with Gasteiger partial charge in [0, 0.05) is 17.7 Å². The van der Waals surface area contributed by atoms with E-state index < -0.39 is 9.84 Å². The molecule has 1 aliphatic rings. The number of hydrogen-bond donors (Lipinski definition) is 1. The standard InChI is InChI=1S/C17H27NO2S/c1-17(2,13-21(3,19)20)15-9-7-14(8-10-15)12-16-6-4-5-11-18-16/h7-10,16,18H,4-6,11-13H2,1-3H3. The Labute approximate surface area is 129 Å². The van der Waals surface area contributed by atoms with Crippen molar-refractivity contribution in [3.8, 4) is 0 Å². The number of sulfone groups is 1. The first-order valence-corrected chi connectivity index (χ1v) is 9.83. The van der Waals surface area contributed by atoms with Crippen LogP contribution in [0.1, 0.15) is 44.2 Å². The normalized spacial score (nSPS) is 20.4. The van der Waals surface area contributed by atoms with Crippen LogP contribution in [0.5, 0.6) is 0 Å². The van der Waals surface area contributed by atoms with Crippen LogP contribution in [-0.4, -0.2) is 33.0 Å². The zero-order chi connectivity index (χ0) is 15.5. The van der Waals surface area contributed by atoms with Crippen LogP contribution in [-0.2, 0) is 21.7 Å². The van der Waals surface area contributed by atoms with Crippen molar-refractivity contribution in [2.45, 2.75) is 51.0 Å². The predicted octanol–water partition coefficient (Wildman–Crippen LogP) is 2.69. The van der Waals surface area contributed by atoms with Crippen molar-refractivity contribution < 1.29 is 8.42 Å². The average Bonchev–Trinajstić information content (AvgIpc) is 2.38. The SMILES string of the molecule is CC(C)(CS(C)(=O)=O)c1ccc(CC2CCCCN2)cc1. The lowest BCUT2D eigenvalue weighted by atomic mass is 9.86. The van der Waals surface area contributed by atoms with Crippen LogP contribution in [0.25, 0.3) is 0 Å². The molecule has 1 atom stereocenters. The number of nitrogens with one attached hydrogen (secondary N) is 1. The van der Waals surface area contributed by atoms with Crippen molar-refractivity contribution in [3.05, 3.63) is 35.4 Å². The molecule has 21 heavy (non-hydrogen) atoms. The van der Waals surface area contributed by atoms with Crippen molar-refractivity contribution in [2.24, 2.45) is 0 Å². The maximum absolute atomic E-state index is 11.5. The summed E-state index contributed by atoms with van der Waals surface area (Å²) in [5.41, 5.74) is 2.08. The molecule has 1 fully saturated rings. The Kier molecular flexibility index (Phi) is 5.10. The van der Waals surface area contributed by atoms with Gasteiger partial charge in [-0.2, -0.15) is 0 Å². The molecule has 1 aromatic rings. The molecule has 0 radical (unpaired) electrons. The molecule has 0 saturated carbocycles. The van der Waals surface area contributed by atoms with Gasteiger partial charge in [0.2, 0.25) is 0 Å². The fraction of sp³-hybridized carbons (Fsp3) is 0.647. The van der Waals surface area contributed by atoms with E-state index in [2.05, 4.69) is 29.6 Å². The maximum Gasteiger partial charge on any atom is 0.148 e. The van der Waals surface area contributed by atoms with Crippen molar-refractivity contribution in [3.63, 3.8) is 0 Å². The second-order valence-corrected chi connectivity index (χ2v) is 9.14. The molecule has 1 aromatic carbocycles. The van der Waals surface area contributed by atoms with Crippen LogP contribution < -0.4 is 5.32 Å². The van der Waals surface area contributed by atoms with E-state index in [4.69, 9.17) is 0 Å². The minimum Gasteiger partial charge on any atom is -0.314 e. The van der Waals surface area contributed by atoms with Gasteiger partial charge in [0.25, 0.3) is 0 Å². The Bertz CT molecular complexity index is 555. The smallest absolute Gasteiger partial charge is 0.148 e. The quantitative estimate of drug-likeness (QED) is 0.909. The lowest BCUT2D eigenvalue weighted by Crippen LogP contribution is -2.35. The van der Waals surface area contributed by atoms with Crippen LogP contribution in [0.15, 0.2) is 24.3 Å². The minimum absolute atomic E-state index is 0.184. The highest BCUT2D eigenvalue weighted by Crippen LogP contribution is 2.25. The van der Waals surface area contributed by atoms with Crippen molar-refractivity contribution >= 4 is 9.84 Å². The molecule has 118 valence electrons. The van der Waals surface area contributed by atoms with Gasteiger partial charge in [-0.15, -0.1) is 0 Å². The van der Waals surface area contributed by atoms with E-state index in [0.717, 1.165) is 18.5 Å². The van der Waals surface area contributed by atoms with Crippen LogP contribution in [0.2, 0.25) is 0 Å². The van der Waals surface area contributed by atoms with Gasteiger partial charge in [-0.3, -0.25) is 0 Å². The fourth-order valence-corrected chi connectivity index (χ4v) is 4.69. The maximum atomic E-state index is 11.5. The Morgan fingerprint density at radius 3 is 2.38 bits per heavy atom. The zero-order valence-electron chi connectivity index (χ0n) is 13.4. The summed E-state index contributed by atoms with van der Waals surface area (Å²) >= 11 is 0. The lowest BCUT2D eigenvalue weighted by molar-refractivity contribution is 0.399. The average molecular weight is 309 g/mol. The predicted molar refractivity (Wildman–Crippen MR) is 88.5 cm³/mol. The van der Waals surface area contributed by atoms with Crippen molar-refractivity contribution in [1.82, 2.24) is 5.32 Å². The Morgan fingerprint density at radius 2 is 1.86 bits per heavy atom. The molecule has 1 unspecified atom stereocenters. The highest BCUT2D eigenvalue weighted by molar-refractivity contribution is 7.90. The number of hydrogen-bond acceptors (Lipinski definition) is 3. The van der Waals surface area contributed by atoms with Gasteiger partial charge in [0.1, 0.15) is 9.84 Å². The summed E-state index contributed by atoms with van der Waals surface area (Å²) in [4.78, 5) is 0. The van der Waals surface area contributed by atoms with Crippen molar-refractivity contribution in [2.75, 3.05) is 18.6 Å². The molecule has 0 spiro atoms. The fourth-order valence-electron chi connectivity index (χ4n) is 3.21. The molecule has 1 aliphatic heterocycles. The summed E-state index contributed by atoms with van der Waals surface area (Å²) in [5.74, 6) is 0.184. The second-order valence-electron chi connectivity index (χ2n) is 7.00. The zero-order valence-corrected chi connectivity index (χ0v) is 14.2. The molecule has 0 aliphatic carbocycles. The number of benzene rings is 1. The van der Waals surface area contributed by atoms with Gasteiger partial charge in [-0.25, -0.2) is 8.42 Å². The third kappa shape index (κ3) is 5.11. The van der Waals surface area contributed by atoms with Gasteiger partial charge >= 0.3 is 0 Å². The molecular weight excluding hydrogens is 282 g/mol. The molecule has 0 amide bonds. The molecule has 0 aromatic heterocycles. The van der Waals surface area contributed by atoms with Gasteiger partial charge in [-0.05, 0) is 36.9 Å². The van der Waals surface area contributed by atoms with E-state index in [-0.39, 0.29) is 11.2 Å². The highest BCUT2D eigenvalue weighted by atomic mass is 32.2. The second kappa shape index (κ2) is 6.49. The topological polar surface area (TPSA) is 46.2 Å². The molecule has 4 heteroatoms.